The molecule has 1 heterocycles. The van der Waals surface area contributed by atoms with E-state index >= 15 is 0 Å². The molecule has 1 spiro atoms. The Labute approximate surface area is 104 Å². The van der Waals surface area contributed by atoms with E-state index in [1.165, 1.54) is 51.6 Å². The first-order valence-electron chi connectivity index (χ1n) is 7.10. The zero-order valence-corrected chi connectivity index (χ0v) is 11.0. The molecule has 0 aromatic heterocycles. The summed E-state index contributed by atoms with van der Waals surface area (Å²) in [6, 6.07) is 0. The average molecular weight is 239 g/mol. The van der Waals surface area contributed by atoms with E-state index in [-0.39, 0.29) is 5.97 Å². The van der Waals surface area contributed by atoms with Gasteiger partial charge in [-0.05, 0) is 69.9 Å². The van der Waals surface area contributed by atoms with Crippen molar-refractivity contribution in [2.75, 3.05) is 19.7 Å². The van der Waals surface area contributed by atoms with Gasteiger partial charge in [-0.1, -0.05) is 0 Å². The lowest BCUT2D eigenvalue weighted by Gasteiger charge is -2.43. The Bertz CT molecular complexity index is 249. The van der Waals surface area contributed by atoms with Gasteiger partial charge in [-0.2, -0.15) is 0 Å². The number of esters is 1. The molecular weight excluding hydrogens is 214 g/mol. The molecule has 1 saturated heterocycles. The number of ether oxygens (including phenoxy) is 1. The summed E-state index contributed by atoms with van der Waals surface area (Å²) in [5.74, 6) is 0.577. The first kappa shape index (κ1) is 12.9. The molecule has 2 fully saturated rings. The Morgan fingerprint density at radius 3 is 2.47 bits per heavy atom. The topological polar surface area (TPSA) is 38.3 Å². The monoisotopic (exact) mass is 239 g/mol. The molecule has 1 N–H and O–H groups in total. The van der Waals surface area contributed by atoms with Gasteiger partial charge >= 0.3 is 5.97 Å². The molecule has 0 amide bonds. The molecule has 0 radical (unpaired) electrons. The standard InChI is InChI=1S/C14H25NO2/c1-2-17-13(16)11-12-3-5-14(6-4-12)7-9-15-10-8-14/h12,15H,2-11H2,1H3. The summed E-state index contributed by atoms with van der Waals surface area (Å²) < 4.78 is 5.03. The molecule has 0 atom stereocenters. The zero-order valence-electron chi connectivity index (χ0n) is 11.0. The van der Waals surface area contributed by atoms with Gasteiger partial charge in [0.05, 0.1) is 6.61 Å². The number of hydrogen-bond acceptors (Lipinski definition) is 3. The van der Waals surface area contributed by atoms with Crippen molar-refractivity contribution < 1.29 is 9.53 Å². The van der Waals surface area contributed by atoms with Gasteiger partial charge in [0.2, 0.25) is 0 Å². The van der Waals surface area contributed by atoms with Crippen molar-refractivity contribution in [2.24, 2.45) is 11.3 Å². The van der Waals surface area contributed by atoms with Crippen LogP contribution in [0.25, 0.3) is 0 Å². The highest BCUT2D eigenvalue weighted by Crippen LogP contribution is 2.45. The van der Waals surface area contributed by atoms with Crippen LogP contribution in [0.15, 0.2) is 0 Å². The molecule has 98 valence electrons. The fraction of sp³-hybridized carbons (Fsp3) is 0.929. The molecule has 0 unspecified atom stereocenters. The van der Waals surface area contributed by atoms with Gasteiger partial charge in [-0.25, -0.2) is 0 Å². The maximum atomic E-state index is 11.4. The quantitative estimate of drug-likeness (QED) is 0.769. The van der Waals surface area contributed by atoms with Gasteiger partial charge in [-0.3, -0.25) is 4.79 Å². The smallest absolute Gasteiger partial charge is 0.306 e. The third kappa shape index (κ3) is 3.44. The van der Waals surface area contributed by atoms with Crippen LogP contribution < -0.4 is 5.32 Å². The van der Waals surface area contributed by atoms with Crippen LogP contribution in [0.1, 0.15) is 51.9 Å². The Morgan fingerprint density at radius 1 is 1.24 bits per heavy atom. The fourth-order valence-corrected chi connectivity index (χ4v) is 3.41. The van der Waals surface area contributed by atoms with E-state index in [1.54, 1.807) is 0 Å². The second-order valence-electron chi connectivity index (χ2n) is 5.70. The van der Waals surface area contributed by atoms with Gasteiger partial charge in [0, 0.05) is 6.42 Å². The lowest BCUT2D eigenvalue weighted by molar-refractivity contribution is -0.144. The van der Waals surface area contributed by atoms with E-state index in [2.05, 4.69) is 5.32 Å². The minimum atomic E-state index is -0.00115. The van der Waals surface area contributed by atoms with E-state index in [0.717, 1.165) is 0 Å². The van der Waals surface area contributed by atoms with Gasteiger partial charge in [0.25, 0.3) is 0 Å². The molecule has 3 nitrogen and oxygen atoms in total. The van der Waals surface area contributed by atoms with Crippen LogP contribution in [0.5, 0.6) is 0 Å². The molecule has 2 aliphatic rings. The molecule has 3 heteroatoms. The molecule has 1 aliphatic heterocycles. The summed E-state index contributed by atoms with van der Waals surface area (Å²) in [7, 11) is 0. The van der Waals surface area contributed by atoms with Crippen LogP contribution in [0.4, 0.5) is 0 Å². The summed E-state index contributed by atoms with van der Waals surface area (Å²) in [5, 5.41) is 3.44. The number of carbonyl (C=O) groups is 1. The predicted octanol–water partition coefficient (Wildman–Crippen LogP) is 2.50. The largest absolute Gasteiger partial charge is 0.466 e. The van der Waals surface area contributed by atoms with E-state index in [4.69, 9.17) is 4.74 Å². The Kier molecular flexibility index (Phi) is 4.43. The van der Waals surface area contributed by atoms with E-state index < -0.39 is 0 Å². The van der Waals surface area contributed by atoms with Crippen LogP contribution >= 0.6 is 0 Å². The van der Waals surface area contributed by atoms with Crippen molar-refractivity contribution in [2.45, 2.75) is 51.9 Å². The first-order valence-corrected chi connectivity index (χ1v) is 7.10. The second kappa shape index (κ2) is 5.85. The van der Waals surface area contributed by atoms with Crippen LogP contribution in [0.2, 0.25) is 0 Å². The maximum absolute atomic E-state index is 11.4. The number of hydrogen-bond donors (Lipinski definition) is 1. The Balaban J connectivity index is 1.75. The molecule has 1 saturated carbocycles. The van der Waals surface area contributed by atoms with Crippen molar-refractivity contribution in [1.29, 1.82) is 0 Å². The van der Waals surface area contributed by atoms with Crippen LogP contribution in [-0.2, 0) is 9.53 Å². The minimum Gasteiger partial charge on any atom is -0.466 e. The van der Waals surface area contributed by atoms with Crippen LogP contribution in [0.3, 0.4) is 0 Å². The predicted molar refractivity (Wildman–Crippen MR) is 67.7 cm³/mol. The Hall–Kier alpha value is -0.570. The second-order valence-corrected chi connectivity index (χ2v) is 5.70. The third-order valence-corrected chi connectivity index (χ3v) is 4.59. The van der Waals surface area contributed by atoms with E-state index in [0.29, 0.717) is 24.4 Å². The van der Waals surface area contributed by atoms with E-state index in [1.807, 2.05) is 6.92 Å². The highest BCUT2D eigenvalue weighted by atomic mass is 16.5. The number of rotatable bonds is 3. The highest BCUT2D eigenvalue weighted by molar-refractivity contribution is 5.69. The summed E-state index contributed by atoms with van der Waals surface area (Å²) in [4.78, 5) is 11.4. The lowest BCUT2D eigenvalue weighted by Crippen LogP contribution is -2.39. The molecular formula is C14H25NO2. The summed E-state index contributed by atoms with van der Waals surface area (Å²) in [6.07, 6.45) is 8.38. The maximum Gasteiger partial charge on any atom is 0.306 e. The van der Waals surface area contributed by atoms with E-state index in [9.17, 15) is 4.79 Å². The molecule has 2 rings (SSSR count). The SMILES string of the molecule is CCOC(=O)CC1CCC2(CCNCC2)CC1. The highest BCUT2D eigenvalue weighted by Gasteiger charge is 2.36. The summed E-state index contributed by atoms with van der Waals surface area (Å²) >= 11 is 0. The number of nitrogens with one attached hydrogen (secondary N) is 1. The zero-order chi connectivity index (χ0) is 12.1. The lowest BCUT2D eigenvalue weighted by atomic mass is 9.65. The van der Waals surface area contributed by atoms with Crippen molar-refractivity contribution in [3.8, 4) is 0 Å². The van der Waals surface area contributed by atoms with Crippen molar-refractivity contribution in [1.82, 2.24) is 5.32 Å². The molecule has 0 bridgehead atoms. The van der Waals surface area contributed by atoms with Gasteiger partial charge < -0.3 is 10.1 Å². The molecule has 17 heavy (non-hydrogen) atoms. The van der Waals surface area contributed by atoms with Gasteiger partial charge in [0.15, 0.2) is 0 Å². The number of carbonyl (C=O) groups excluding carboxylic acids is 1. The van der Waals surface area contributed by atoms with Crippen molar-refractivity contribution in [3.63, 3.8) is 0 Å². The fourth-order valence-electron chi connectivity index (χ4n) is 3.41. The first-order chi connectivity index (χ1) is 8.24. The van der Waals surface area contributed by atoms with Gasteiger partial charge in [-0.15, -0.1) is 0 Å². The van der Waals surface area contributed by atoms with Crippen molar-refractivity contribution >= 4 is 5.97 Å². The summed E-state index contributed by atoms with van der Waals surface area (Å²) in [6.45, 7) is 4.76. The average Bonchev–Trinajstić information content (AvgIpc) is 2.34. The minimum absolute atomic E-state index is 0.00115. The molecule has 0 aromatic rings. The van der Waals surface area contributed by atoms with Gasteiger partial charge in [0.1, 0.15) is 0 Å². The molecule has 1 aliphatic carbocycles. The third-order valence-electron chi connectivity index (χ3n) is 4.59. The van der Waals surface area contributed by atoms with Crippen LogP contribution in [-0.4, -0.2) is 25.7 Å². The molecule has 0 aromatic carbocycles. The summed E-state index contributed by atoms with van der Waals surface area (Å²) in [5.41, 5.74) is 0.608. The number of piperidine rings is 1. The Morgan fingerprint density at radius 2 is 1.88 bits per heavy atom. The normalized spacial score (nSPS) is 24.8. The van der Waals surface area contributed by atoms with Crippen LogP contribution in [0, 0.1) is 11.3 Å². The van der Waals surface area contributed by atoms with Crippen molar-refractivity contribution in [3.05, 3.63) is 0 Å².